The first kappa shape index (κ1) is 22.3. The van der Waals surface area contributed by atoms with E-state index in [9.17, 15) is 14.9 Å². The fraction of sp³-hybridized carbons (Fsp3) is 0.304. The van der Waals surface area contributed by atoms with Gasteiger partial charge in [-0.1, -0.05) is 12.1 Å². The largest absolute Gasteiger partial charge is 0.493 e. The van der Waals surface area contributed by atoms with Crippen LogP contribution in [0.4, 0.5) is 5.69 Å². The quantitative estimate of drug-likeness (QED) is 0.299. The number of non-ortho nitro benzene ring substituents is 1. The molecule has 1 N–H and O–H groups in total. The standard InChI is InChI=1S/C23H24N4O6/c1-31-11-5-10-26-22(15-6-4-7-16(12-15)27(29)30)19-20(24-25-21(19)23(26)28)14-8-9-17(32-2)18(13-14)33-3/h4,6-9,12-13,22H,5,10-11H2,1-3H3,(H,24,25). The van der Waals surface area contributed by atoms with Gasteiger partial charge in [-0.25, -0.2) is 0 Å². The van der Waals surface area contributed by atoms with Gasteiger partial charge in [0.1, 0.15) is 5.69 Å². The van der Waals surface area contributed by atoms with E-state index in [0.29, 0.717) is 53.6 Å². The first-order valence-corrected chi connectivity index (χ1v) is 10.3. The number of carbonyl (C=O) groups is 1. The highest BCUT2D eigenvalue weighted by molar-refractivity contribution is 6.00. The Balaban J connectivity index is 1.85. The maximum absolute atomic E-state index is 13.3. The van der Waals surface area contributed by atoms with Crippen molar-refractivity contribution in [3.63, 3.8) is 0 Å². The van der Waals surface area contributed by atoms with Gasteiger partial charge in [-0.05, 0) is 30.2 Å². The molecule has 0 radical (unpaired) electrons. The second-order valence-electron chi connectivity index (χ2n) is 7.53. The zero-order valence-corrected chi connectivity index (χ0v) is 18.5. The number of nitro groups is 1. The molecule has 1 aliphatic rings. The number of nitrogens with zero attached hydrogens (tertiary/aromatic N) is 3. The van der Waals surface area contributed by atoms with Crippen LogP contribution in [-0.4, -0.2) is 60.4 Å². The van der Waals surface area contributed by atoms with E-state index in [1.807, 2.05) is 6.07 Å². The Kier molecular flexibility index (Phi) is 6.27. The monoisotopic (exact) mass is 452 g/mol. The summed E-state index contributed by atoms with van der Waals surface area (Å²) in [6.45, 7) is 0.911. The van der Waals surface area contributed by atoms with Gasteiger partial charge in [0, 0.05) is 43.5 Å². The molecule has 2 aromatic carbocycles. The smallest absolute Gasteiger partial charge is 0.273 e. The first-order valence-electron chi connectivity index (χ1n) is 10.3. The van der Waals surface area contributed by atoms with Crippen molar-refractivity contribution in [2.75, 3.05) is 34.5 Å². The molecular formula is C23H24N4O6. The number of ether oxygens (including phenoxy) is 3. The number of aromatic amines is 1. The lowest BCUT2D eigenvalue weighted by atomic mass is 9.95. The number of benzene rings is 2. The van der Waals surface area contributed by atoms with Gasteiger partial charge < -0.3 is 19.1 Å². The lowest BCUT2D eigenvalue weighted by Gasteiger charge is -2.26. The average molecular weight is 452 g/mol. The van der Waals surface area contributed by atoms with E-state index < -0.39 is 11.0 Å². The number of methoxy groups -OCH3 is 3. The Morgan fingerprint density at radius 1 is 1.12 bits per heavy atom. The molecule has 33 heavy (non-hydrogen) atoms. The Labute approximate surface area is 190 Å². The van der Waals surface area contributed by atoms with Crippen LogP contribution in [0.3, 0.4) is 0 Å². The Bertz CT molecular complexity index is 1190. The molecule has 1 atom stereocenters. The van der Waals surface area contributed by atoms with Crippen LogP contribution in [0.25, 0.3) is 11.3 Å². The van der Waals surface area contributed by atoms with Crippen LogP contribution in [0.1, 0.15) is 34.1 Å². The van der Waals surface area contributed by atoms with E-state index in [0.717, 1.165) is 5.56 Å². The summed E-state index contributed by atoms with van der Waals surface area (Å²) >= 11 is 0. The zero-order valence-electron chi connectivity index (χ0n) is 18.5. The summed E-state index contributed by atoms with van der Waals surface area (Å²) in [5.74, 6) is 0.887. The topological polar surface area (TPSA) is 120 Å². The predicted molar refractivity (Wildman–Crippen MR) is 120 cm³/mol. The number of H-pyrrole nitrogens is 1. The number of nitrogens with one attached hydrogen (secondary N) is 1. The van der Waals surface area contributed by atoms with Crippen molar-refractivity contribution in [2.45, 2.75) is 12.5 Å². The SMILES string of the molecule is COCCCN1C(=O)c2[nH]nc(-c3ccc(OC)c(OC)c3)c2C1c1cccc([N+](=O)[O-])c1. The third kappa shape index (κ3) is 4.00. The lowest BCUT2D eigenvalue weighted by molar-refractivity contribution is -0.384. The van der Waals surface area contributed by atoms with Crippen LogP contribution in [0.5, 0.6) is 11.5 Å². The molecule has 2 heterocycles. The number of rotatable bonds is 9. The van der Waals surface area contributed by atoms with Crippen LogP contribution in [-0.2, 0) is 4.74 Å². The molecule has 1 amide bonds. The second kappa shape index (κ2) is 9.29. The molecule has 4 rings (SSSR count). The molecule has 0 saturated heterocycles. The number of hydrogen-bond acceptors (Lipinski definition) is 7. The van der Waals surface area contributed by atoms with Crippen LogP contribution >= 0.6 is 0 Å². The number of fused-ring (bicyclic) bond motifs is 1. The number of amides is 1. The summed E-state index contributed by atoms with van der Waals surface area (Å²) in [4.78, 5) is 26.0. The van der Waals surface area contributed by atoms with Gasteiger partial charge in [0.15, 0.2) is 11.5 Å². The van der Waals surface area contributed by atoms with E-state index in [1.165, 1.54) is 12.1 Å². The van der Waals surface area contributed by atoms with Gasteiger partial charge >= 0.3 is 0 Å². The van der Waals surface area contributed by atoms with E-state index in [4.69, 9.17) is 14.2 Å². The van der Waals surface area contributed by atoms with Crippen LogP contribution < -0.4 is 9.47 Å². The number of aromatic nitrogens is 2. The predicted octanol–water partition coefficient (Wildman–Crippen LogP) is 3.58. The lowest BCUT2D eigenvalue weighted by Crippen LogP contribution is -2.31. The summed E-state index contributed by atoms with van der Waals surface area (Å²) < 4.78 is 15.9. The zero-order chi connectivity index (χ0) is 23.5. The normalized spacial score (nSPS) is 14.9. The molecule has 0 fully saturated rings. The fourth-order valence-electron chi connectivity index (χ4n) is 4.17. The number of nitro benzene ring substituents is 1. The Morgan fingerprint density at radius 3 is 2.61 bits per heavy atom. The molecule has 1 unspecified atom stereocenters. The first-order chi connectivity index (χ1) is 16.0. The van der Waals surface area contributed by atoms with Crippen LogP contribution in [0.15, 0.2) is 42.5 Å². The summed E-state index contributed by atoms with van der Waals surface area (Å²) in [6.07, 6.45) is 0.622. The average Bonchev–Trinajstić information content (AvgIpc) is 3.38. The Morgan fingerprint density at radius 2 is 1.91 bits per heavy atom. The van der Waals surface area contributed by atoms with Crippen LogP contribution in [0.2, 0.25) is 0 Å². The molecule has 1 aliphatic heterocycles. The van der Waals surface area contributed by atoms with Gasteiger partial charge in [-0.3, -0.25) is 20.0 Å². The third-order valence-electron chi connectivity index (χ3n) is 5.67. The molecule has 10 heteroatoms. The fourth-order valence-corrected chi connectivity index (χ4v) is 4.17. The molecule has 172 valence electrons. The minimum Gasteiger partial charge on any atom is -0.493 e. The highest BCUT2D eigenvalue weighted by atomic mass is 16.6. The minimum atomic E-state index is -0.536. The molecular weight excluding hydrogens is 428 g/mol. The van der Waals surface area contributed by atoms with Gasteiger partial charge in [0.25, 0.3) is 11.6 Å². The second-order valence-corrected chi connectivity index (χ2v) is 7.53. The summed E-state index contributed by atoms with van der Waals surface area (Å²) in [7, 11) is 4.70. The molecule has 1 aromatic heterocycles. The molecule has 0 aliphatic carbocycles. The number of hydrogen-bond donors (Lipinski definition) is 1. The molecule has 0 spiro atoms. The van der Waals surface area contributed by atoms with Gasteiger partial charge in [0.2, 0.25) is 0 Å². The van der Waals surface area contributed by atoms with Gasteiger partial charge in [-0.2, -0.15) is 5.10 Å². The third-order valence-corrected chi connectivity index (χ3v) is 5.67. The summed E-state index contributed by atoms with van der Waals surface area (Å²) in [5.41, 5.74) is 2.94. The molecule has 0 saturated carbocycles. The molecule has 10 nitrogen and oxygen atoms in total. The van der Waals surface area contributed by atoms with Crippen LogP contribution in [0, 0.1) is 10.1 Å². The van der Waals surface area contributed by atoms with Crippen molar-refractivity contribution >= 4 is 11.6 Å². The molecule has 3 aromatic rings. The highest BCUT2D eigenvalue weighted by Crippen LogP contribution is 2.44. The van der Waals surface area contributed by atoms with Crippen molar-refractivity contribution in [3.05, 3.63) is 69.4 Å². The van der Waals surface area contributed by atoms with E-state index >= 15 is 0 Å². The summed E-state index contributed by atoms with van der Waals surface area (Å²) in [6, 6.07) is 11.2. The van der Waals surface area contributed by atoms with Crippen molar-refractivity contribution in [3.8, 4) is 22.8 Å². The van der Waals surface area contributed by atoms with E-state index in [2.05, 4.69) is 10.2 Å². The van der Waals surface area contributed by atoms with Gasteiger partial charge in [-0.15, -0.1) is 0 Å². The number of carbonyl (C=O) groups excluding carboxylic acids is 1. The minimum absolute atomic E-state index is 0.0404. The van der Waals surface area contributed by atoms with E-state index in [1.54, 1.807) is 50.5 Å². The van der Waals surface area contributed by atoms with Crippen molar-refractivity contribution < 1.29 is 23.9 Å². The van der Waals surface area contributed by atoms with Crippen molar-refractivity contribution in [2.24, 2.45) is 0 Å². The summed E-state index contributed by atoms with van der Waals surface area (Å²) in [5, 5.41) is 18.7. The van der Waals surface area contributed by atoms with Crippen molar-refractivity contribution in [1.82, 2.24) is 15.1 Å². The van der Waals surface area contributed by atoms with E-state index in [-0.39, 0.29) is 11.6 Å². The molecule has 0 bridgehead atoms. The van der Waals surface area contributed by atoms with Gasteiger partial charge in [0.05, 0.1) is 30.9 Å². The highest BCUT2D eigenvalue weighted by Gasteiger charge is 2.42. The maximum atomic E-state index is 13.3. The maximum Gasteiger partial charge on any atom is 0.273 e. The Hall–Kier alpha value is -3.92. The van der Waals surface area contributed by atoms with Crippen molar-refractivity contribution in [1.29, 1.82) is 0 Å².